The van der Waals surface area contributed by atoms with Crippen molar-refractivity contribution >= 4 is 17.6 Å². The van der Waals surface area contributed by atoms with E-state index < -0.39 is 12.0 Å². The predicted molar refractivity (Wildman–Crippen MR) is 74.2 cm³/mol. The number of nitrogens with two attached hydrogens (primary N) is 1. The Morgan fingerprint density at radius 2 is 2.05 bits per heavy atom. The molecule has 0 aliphatic carbocycles. The van der Waals surface area contributed by atoms with Crippen molar-refractivity contribution in [2.45, 2.75) is 33.2 Å². The fourth-order valence-corrected chi connectivity index (χ4v) is 1.67. The van der Waals surface area contributed by atoms with E-state index in [0.29, 0.717) is 0 Å². The molecule has 0 bridgehead atoms. The fraction of sp³-hybridized carbons (Fsp3) is 0.429. The Morgan fingerprint density at radius 3 is 2.58 bits per heavy atom. The highest BCUT2D eigenvalue weighted by Gasteiger charge is 2.21. The molecule has 0 heterocycles. The summed E-state index contributed by atoms with van der Waals surface area (Å²) in [7, 11) is 0. The maximum Gasteiger partial charge on any atom is 0.337 e. The van der Waals surface area contributed by atoms with Gasteiger partial charge in [-0.1, -0.05) is 31.9 Å². The standard InChI is InChI=1S/C14H20N2O3/c1-4-9(3)12(15)13(17)16-11-6-5-8(2)7-10(11)14(18)19/h5-7,9,12H,4,15H2,1-3H3,(H,16,17)(H,18,19). The molecule has 0 fully saturated rings. The predicted octanol–water partition coefficient (Wildman–Crippen LogP) is 2.01. The van der Waals surface area contributed by atoms with Crippen LogP contribution in [0.5, 0.6) is 0 Å². The van der Waals surface area contributed by atoms with Crippen molar-refractivity contribution < 1.29 is 14.7 Å². The Hall–Kier alpha value is -1.88. The van der Waals surface area contributed by atoms with Crippen LogP contribution in [0.2, 0.25) is 0 Å². The zero-order valence-electron chi connectivity index (χ0n) is 11.4. The van der Waals surface area contributed by atoms with Crippen molar-refractivity contribution in [3.63, 3.8) is 0 Å². The van der Waals surface area contributed by atoms with Gasteiger partial charge in [0.25, 0.3) is 0 Å². The summed E-state index contributed by atoms with van der Waals surface area (Å²) in [5.41, 5.74) is 6.99. The van der Waals surface area contributed by atoms with E-state index in [4.69, 9.17) is 10.8 Å². The molecule has 0 aliphatic rings. The molecular formula is C14H20N2O3. The average molecular weight is 264 g/mol. The second-order valence-electron chi connectivity index (χ2n) is 4.75. The minimum Gasteiger partial charge on any atom is -0.478 e. The van der Waals surface area contributed by atoms with Crippen LogP contribution in [0.25, 0.3) is 0 Å². The summed E-state index contributed by atoms with van der Waals surface area (Å²) in [5.74, 6) is -1.39. The van der Waals surface area contributed by atoms with Gasteiger partial charge in [0.1, 0.15) is 0 Å². The minimum absolute atomic E-state index is 0.0405. The molecule has 4 N–H and O–H groups in total. The monoisotopic (exact) mass is 264 g/mol. The highest BCUT2D eigenvalue weighted by Crippen LogP contribution is 2.18. The molecule has 0 saturated heterocycles. The van der Waals surface area contributed by atoms with Gasteiger partial charge in [0.05, 0.1) is 17.3 Å². The molecule has 0 aliphatic heterocycles. The van der Waals surface area contributed by atoms with Gasteiger partial charge in [-0.25, -0.2) is 4.79 Å². The number of carboxylic acid groups (broad SMARTS) is 1. The number of hydrogen-bond donors (Lipinski definition) is 3. The van der Waals surface area contributed by atoms with Crippen LogP contribution < -0.4 is 11.1 Å². The summed E-state index contributed by atoms with van der Waals surface area (Å²) in [6, 6.07) is 4.21. The highest BCUT2D eigenvalue weighted by molar-refractivity contribution is 6.02. The third-order valence-corrected chi connectivity index (χ3v) is 3.22. The molecule has 5 heteroatoms. The number of benzene rings is 1. The van der Waals surface area contributed by atoms with E-state index in [0.717, 1.165) is 12.0 Å². The van der Waals surface area contributed by atoms with Crippen molar-refractivity contribution in [1.82, 2.24) is 0 Å². The number of hydrogen-bond acceptors (Lipinski definition) is 3. The normalized spacial score (nSPS) is 13.7. The number of nitrogens with one attached hydrogen (secondary N) is 1. The summed E-state index contributed by atoms with van der Waals surface area (Å²) in [4.78, 5) is 23.1. The molecule has 1 amide bonds. The second kappa shape index (κ2) is 6.33. The Balaban J connectivity index is 2.94. The lowest BCUT2D eigenvalue weighted by molar-refractivity contribution is -0.118. The largest absolute Gasteiger partial charge is 0.478 e. The topological polar surface area (TPSA) is 92.4 Å². The molecular weight excluding hydrogens is 244 g/mol. The van der Waals surface area contributed by atoms with Crippen LogP contribution in [-0.4, -0.2) is 23.0 Å². The van der Waals surface area contributed by atoms with Crippen LogP contribution in [0, 0.1) is 12.8 Å². The van der Waals surface area contributed by atoms with Crippen molar-refractivity contribution in [1.29, 1.82) is 0 Å². The lowest BCUT2D eigenvalue weighted by atomic mass is 9.99. The van der Waals surface area contributed by atoms with Crippen molar-refractivity contribution in [2.24, 2.45) is 11.7 Å². The van der Waals surface area contributed by atoms with Gasteiger partial charge in [-0.15, -0.1) is 0 Å². The number of aryl methyl sites for hydroxylation is 1. The molecule has 1 aromatic rings. The van der Waals surface area contributed by atoms with Crippen LogP contribution >= 0.6 is 0 Å². The van der Waals surface area contributed by atoms with E-state index in [1.807, 2.05) is 13.8 Å². The molecule has 2 atom stereocenters. The first kappa shape index (κ1) is 15.2. The van der Waals surface area contributed by atoms with Gasteiger partial charge in [0.15, 0.2) is 0 Å². The molecule has 5 nitrogen and oxygen atoms in total. The van der Waals surface area contributed by atoms with Crippen LogP contribution in [0.15, 0.2) is 18.2 Å². The van der Waals surface area contributed by atoms with Crippen LogP contribution in [0.1, 0.15) is 36.2 Å². The maximum atomic E-state index is 11.9. The molecule has 104 valence electrons. The molecule has 0 aromatic heterocycles. The zero-order valence-corrected chi connectivity index (χ0v) is 11.4. The number of carbonyl (C=O) groups excluding carboxylic acids is 1. The number of rotatable bonds is 5. The third-order valence-electron chi connectivity index (χ3n) is 3.22. The molecule has 1 aromatic carbocycles. The number of carbonyl (C=O) groups is 2. The zero-order chi connectivity index (χ0) is 14.6. The lowest BCUT2D eigenvalue weighted by Gasteiger charge is -2.18. The molecule has 0 radical (unpaired) electrons. The summed E-state index contributed by atoms with van der Waals surface area (Å²) < 4.78 is 0. The van der Waals surface area contributed by atoms with Crippen molar-refractivity contribution in [2.75, 3.05) is 5.32 Å². The van der Waals surface area contributed by atoms with Crippen LogP contribution in [0.3, 0.4) is 0 Å². The molecule has 2 unspecified atom stereocenters. The first-order valence-corrected chi connectivity index (χ1v) is 6.27. The van der Waals surface area contributed by atoms with Crippen molar-refractivity contribution in [3.05, 3.63) is 29.3 Å². The maximum absolute atomic E-state index is 11.9. The smallest absolute Gasteiger partial charge is 0.337 e. The number of anilines is 1. The van der Waals surface area contributed by atoms with E-state index in [1.54, 1.807) is 19.1 Å². The van der Waals surface area contributed by atoms with Crippen LogP contribution in [0.4, 0.5) is 5.69 Å². The SMILES string of the molecule is CCC(C)C(N)C(=O)Nc1ccc(C)cc1C(=O)O. The Kier molecular flexibility index (Phi) is 5.06. The van der Waals surface area contributed by atoms with Gasteiger partial charge in [0, 0.05) is 0 Å². The number of carboxylic acids is 1. The van der Waals surface area contributed by atoms with Gasteiger partial charge in [-0.05, 0) is 25.0 Å². The van der Waals surface area contributed by atoms with E-state index in [2.05, 4.69) is 5.32 Å². The summed E-state index contributed by atoms with van der Waals surface area (Å²) in [6.07, 6.45) is 0.786. The van der Waals surface area contributed by atoms with Gasteiger partial charge < -0.3 is 16.2 Å². The molecule has 1 rings (SSSR count). The number of amides is 1. The van der Waals surface area contributed by atoms with Gasteiger partial charge in [-0.2, -0.15) is 0 Å². The highest BCUT2D eigenvalue weighted by atomic mass is 16.4. The minimum atomic E-state index is -1.07. The molecule has 0 saturated carbocycles. The Morgan fingerprint density at radius 1 is 1.42 bits per heavy atom. The van der Waals surface area contributed by atoms with Gasteiger partial charge in [-0.3, -0.25) is 4.79 Å². The van der Waals surface area contributed by atoms with Crippen molar-refractivity contribution in [3.8, 4) is 0 Å². The lowest BCUT2D eigenvalue weighted by Crippen LogP contribution is -2.40. The quantitative estimate of drug-likeness (QED) is 0.758. The Bertz CT molecular complexity index is 486. The van der Waals surface area contributed by atoms with E-state index >= 15 is 0 Å². The second-order valence-corrected chi connectivity index (χ2v) is 4.75. The summed E-state index contributed by atoms with van der Waals surface area (Å²) >= 11 is 0. The van der Waals surface area contributed by atoms with Gasteiger partial charge in [0.2, 0.25) is 5.91 Å². The van der Waals surface area contributed by atoms with E-state index in [9.17, 15) is 9.59 Å². The first-order chi connectivity index (χ1) is 8.86. The average Bonchev–Trinajstić information content (AvgIpc) is 2.38. The Labute approximate surface area is 112 Å². The van der Waals surface area contributed by atoms with E-state index in [1.165, 1.54) is 6.07 Å². The van der Waals surface area contributed by atoms with Crippen LogP contribution in [-0.2, 0) is 4.79 Å². The molecule has 0 spiro atoms. The number of aromatic carboxylic acids is 1. The third kappa shape index (κ3) is 3.79. The fourth-order valence-electron chi connectivity index (χ4n) is 1.67. The first-order valence-electron chi connectivity index (χ1n) is 6.27. The molecule has 19 heavy (non-hydrogen) atoms. The van der Waals surface area contributed by atoms with Gasteiger partial charge >= 0.3 is 5.97 Å². The summed E-state index contributed by atoms with van der Waals surface area (Å²) in [5, 5.41) is 11.7. The van der Waals surface area contributed by atoms with E-state index in [-0.39, 0.29) is 23.1 Å². The summed E-state index contributed by atoms with van der Waals surface area (Å²) in [6.45, 7) is 5.63.